The number of nitrogens with one attached hydrogen (secondary N) is 4. The highest BCUT2D eigenvalue weighted by molar-refractivity contribution is 5.98. The van der Waals surface area contributed by atoms with Gasteiger partial charge in [-0.3, -0.25) is 19.2 Å². The molecule has 11 heteroatoms. The van der Waals surface area contributed by atoms with Gasteiger partial charge >= 0.3 is 6.09 Å². The van der Waals surface area contributed by atoms with Gasteiger partial charge in [0.2, 0.25) is 17.7 Å². The maximum atomic E-state index is 14.0. The molecule has 3 rings (SSSR count). The standard InChI is InChI=1S/C39H56N4O7/c1-25(2)21-30(33(44)39(8)24-49-39)40-36(47)32(23-28-17-13-10-14-18-28)42-35(46)31(22-26(3)4)41-34(45)29(43-37(48)50-38(5,6)7)20-19-27-15-11-9-12-16-27/h9-18,25-26,29-32H,19-24H2,1-8H3,(H,40,47)(H,41,45)(H,42,46)(H,43,48)/t29?,30?,31?,32-,39?/m0/s1. The average molecular weight is 693 g/mol. The highest BCUT2D eigenvalue weighted by atomic mass is 16.6. The van der Waals surface area contributed by atoms with Crippen molar-refractivity contribution in [1.29, 1.82) is 0 Å². The number of Topliss-reactive ketones (excluding diaryl/α,β-unsaturated/α-hetero) is 1. The molecule has 5 atom stereocenters. The Kier molecular flexibility index (Phi) is 14.6. The predicted molar refractivity (Wildman–Crippen MR) is 192 cm³/mol. The first kappa shape index (κ1) is 40.2. The molecule has 4 unspecified atom stereocenters. The van der Waals surface area contributed by atoms with E-state index in [0.717, 1.165) is 11.1 Å². The van der Waals surface area contributed by atoms with Gasteiger partial charge in [-0.1, -0.05) is 88.4 Å². The molecule has 0 radical (unpaired) electrons. The third kappa shape index (κ3) is 13.6. The van der Waals surface area contributed by atoms with Gasteiger partial charge in [0, 0.05) is 6.42 Å². The molecule has 1 aliphatic rings. The van der Waals surface area contributed by atoms with Crippen molar-refractivity contribution in [3.8, 4) is 0 Å². The summed E-state index contributed by atoms with van der Waals surface area (Å²) < 4.78 is 10.8. The molecule has 0 bridgehead atoms. The lowest BCUT2D eigenvalue weighted by atomic mass is 9.93. The second-order valence-electron chi connectivity index (χ2n) is 15.2. The van der Waals surface area contributed by atoms with Crippen LogP contribution in [0.5, 0.6) is 0 Å². The number of amides is 4. The van der Waals surface area contributed by atoms with E-state index < -0.39 is 59.2 Å². The molecule has 1 saturated heterocycles. The zero-order valence-corrected chi connectivity index (χ0v) is 30.8. The molecule has 274 valence electrons. The van der Waals surface area contributed by atoms with Gasteiger partial charge in [-0.05, 0) is 76.3 Å². The van der Waals surface area contributed by atoms with Gasteiger partial charge in [0.1, 0.15) is 29.3 Å². The van der Waals surface area contributed by atoms with Crippen LogP contribution in [0.3, 0.4) is 0 Å². The van der Waals surface area contributed by atoms with E-state index in [9.17, 15) is 24.0 Å². The van der Waals surface area contributed by atoms with E-state index in [1.54, 1.807) is 27.7 Å². The lowest BCUT2D eigenvalue weighted by Gasteiger charge is -2.28. The lowest BCUT2D eigenvalue weighted by molar-refractivity contribution is -0.134. The zero-order valence-electron chi connectivity index (χ0n) is 30.8. The van der Waals surface area contributed by atoms with Gasteiger partial charge in [0.05, 0.1) is 12.6 Å². The van der Waals surface area contributed by atoms with E-state index in [4.69, 9.17) is 9.47 Å². The Bertz CT molecular complexity index is 1440. The Morgan fingerprint density at radius 2 is 1.16 bits per heavy atom. The van der Waals surface area contributed by atoms with Crippen LogP contribution in [0, 0.1) is 11.8 Å². The molecule has 11 nitrogen and oxygen atoms in total. The van der Waals surface area contributed by atoms with Crippen LogP contribution in [0.15, 0.2) is 60.7 Å². The van der Waals surface area contributed by atoms with Gasteiger partial charge in [-0.15, -0.1) is 0 Å². The molecule has 0 aromatic heterocycles. The normalized spacial score (nSPS) is 18.0. The molecular weight excluding hydrogens is 636 g/mol. The maximum Gasteiger partial charge on any atom is 0.408 e. The summed E-state index contributed by atoms with van der Waals surface area (Å²) in [5.41, 5.74) is 0.0894. The van der Waals surface area contributed by atoms with Gasteiger partial charge < -0.3 is 30.7 Å². The molecule has 4 amide bonds. The van der Waals surface area contributed by atoms with Crippen LogP contribution >= 0.6 is 0 Å². The summed E-state index contributed by atoms with van der Waals surface area (Å²) in [4.78, 5) is 67.8. The van der Waals surface area contributed by atoms with Crippen LogP contribution in [0.1, 0.15) is 85.8 Å². The van der Waals surface area contributed by atoms with Crippen molar-refractivity contribution in [1.82, 2.24) is 21.3 Å². The second kappa shape index (κ2) is 18.1. The first-order chi connectivity index (χ1) is 23.5. The number of ketones is 1. The Balaban J connectivity index is 1.83. The SMILES string of the molecule is CC(C)CC(NC(=O)C(CCc1ccccc1)NC(=O)OC(C)(C)C)C(=O)N[C@@H](Cc1ccccc1)C(=O)NC(CC(C)C)C(=O)C1(C)CO1. The highest BCUT2D eigenvalue weighted by Crippen LogP contribution is 2.29. The number of ether oxygens (including phenoxy) is 2. The average Bonchev–Trinajstić information content (AvgIpc) is 3.79. The topological polar surface area (TPSA) is 155 Å². The third-order valence-corrected chi connectivity index (χ3v) is 8.27. The molecule has 4 N–H and O–H groups in total. The van der Waals surface area contributed by atoms with Crippen LogP contribution in [0.4, 0.5) is 4.79 Å². The van der Waals surface area contributed by atoms with E-state index in [0.29, 0.717) is 19.4 Å². The quantitative estimate of drug-likeness (QED) is 0.166. The molecular formula is C39H56N4O7. The summed E-state index contributed by atoms with van der Waals surface area (Å²) in [5, 5.41) is 11.3. The number of hydrogen-bond acceptors (Lipinski definition) is 7. The van der Waals surface area contributed by atoms with Crippen LogP contribution in [-0.2, 0) is 41.5 Å². The Morgan fingerprint density at radius 1 is 0.700 bits per heavy atom. The van der Waals surface area contributed by atoms with Crippen LogP contribution in [0.25, 0.3) is 0 Å². The molecule has 0 spiro atoms. The van der Waals surface area contributed by atoms with Crippen molar-refractivity contribution in [3.05, 3.63) is 71.8 Å². The first-order valence-electron chi connectivity index (χ1n) is 17.6. The lowest BCUT2D eigenvalue weighted by Crippen LogP contribution is -2.59. The van der Waals surface area contributed by atoms with Crippen molar-refractivity contribution >= 4 is 29.6 Å². The van der Waals surface area contributed by atoms with Crippen molar-refractivity contribution in [2.45, 2.75) is 123 Å². The number of aryl methyl sites for hydroxylation is 1. The largest absolute Gasteiger partial charge is 0.444 e. The van der Waals surface area contributed by atoms with Crippen molar-refractivity contribution in [2.24, 2.45) is 11.8 Å². The van der Waals surface area contributed by atoms with Crippen molar-refractivity contribution < 1.29 is 33.4 Å². The van der Waals surface area contributed by atoms with Crippen LogP contribution in [-0.4, -0.2) is 71.6 Å². The zero-order chi connectivity index (χ0) is 37.1. The first-order valence-corrected chi connectivity index (χ1v) is 17.6. The second-order valence-corrected chi connectivity index (χ2v) is 15.2. The minimum absolute atomic E-state index is 0.00126. The van der Waals surface area contributed by atoms with Gasteiger partial charge in [0.15, 0.2) is 5.78 Å². The monoisotopic (exact) mass is 692 g/mol. The summed E-state index contributed by atoms with van der Waals surface area (Å²) in [6.45, 7) is 15.0. The minimum atomic E-state index is -1.04. The Labute approximate surface area is 297 Å². The van der Waals surface area contributed by atoms with Gasteiger partial charge in [-0.25, -0.2) is 4.79 Å². The number of carbonyl (C=O) groups excluding carboxylic acids is 5. The van der Waals surface area contributed by atoms with Gasteiger partial charge in [0.25, 0.3) is 0 Å². The smallest absolute Gasteiger partial charge is 0.408 e. The van der Waals surface area contributed by atoms with E-state index >= 15 is 0 Å². The predicted octanol–water partition coefficient (Wildman–Crippen LogP) is 4.66. The van der Waals surface area contributed by atoms with E-state index in [1.807, 2.05) is 88.4 Å². The molecule has 50 heavy (non-hydrogen) atoms. The number of epoxide rings is 1. The Morgan fingerprint density at radius 3 is 1.68 bits per heavy atom. The fourth-order valence-electron chi connectivity index (χ4n) is 5.58. The number of hydrogen-bond donors (Lipinski definition) is 4. The summed E-state index contributed by atoms with van der Waals surface area (Å²) in [5.74, 6) is -1.69. The molecule has 0 aliphatic carbocycles. The van der Waals surface area contributed by atoms with E-state index in [-0.39, 0.29) is 36.9 Å². The number of alkyl carbamates (subject to hydrolysis) is 1. The number of benzene rings is 2. The van der Waals surface area contributed by atoms with Crippen molar-refractivity contribution in [2.75, 3.05) is 6.61 Å². The molecule has 0 saturated carbocycles. The third-order valence-electron chi connectivity index (χ3n) is 8.27. The summed E-state index contributed by atoms with van der Waals surface area (Å²) in [6, 6.07) is 15.0. The molecule has 1 heterocycles. The fourth-order valence-corrected chi connectivity index (χ4v) is 5.58. The van der Waals surface area contributed by atoms with E-state index in [2.05, 4.69) is 21.3 Å². The number of carbonyl (C=O) groups is 5. The number of rotatable bonds is 18. The molecule has 1 fully saturated rings. The summed E-state index contributed by atoms with van der Waals surface area (Å²) in [7, 11) is 0. The molecule has 2 aromatic carbocycles. The molecule has 2 aromatic rings. The summed E-state index contributed by atoms with van der Waals surface area (Å²) in [6.07, 6.45) is 0.867. The van der Waals surface area contributed by atoms with Gasteiger partial charge in [-0.2, -0.15) is 0 Å². The molecule has 1 aliphatic heterocycles. The maximum absolute atomic E-state index is 14.0. The minimum Gasteiger partial charge on any atom is -0.444 e. The fraction of sp³-hybridized carbons (Fsp3) is 0.564. The highest BCUT2D eigenvalue weighted by Gasteiger charge is 2.50. The Hall–Kier alpha value is -4.25. The van der Waals surface area contributed by atoms with E-state index in [1.165, 1.54) is 0 Å². The van der Waals surface area contributed by atoms with Crippen molar-refractivity contribution in [3.63, 3.8) is 0 Å². The van der Waals surface area contributed by atoms with Crippen LogP contribution in [0.2, 0.25) is 0 Å². The van der Waals surface area contributed by atoms with Crippen LogP contribution < -0.4 is 21.3 Å². The summed E-state index contributed by atoms with van der Waals surface area (Å²) >= 11 is 0.